The van der Waals surface area contributed by atoms with E-state index in [1.165, 1.54) is 7.11 Å². The van der Waals surface area contributed by atoms with Crippen molar-refractivity contribution in [1.29, 1.82) is 0 Å². The second-order valence-corrected chi connectivity index (χ2v) is 5.28. The molecule has 10 heteroatoms. The Hall–Kier alpha value is -2.07. The molecule has 0 saturated heterocycles. The van der Waals surface area contributed by atoms with E-state index in [0.717, 1.165) is 30.9 Å². The zero-order chi connectivity index (χ0) is 17.7. The largest absolute Gasteiger partial charge is 0.465 e. The Labute approximate surface area is 138 Å². The van der Waals surface area contributed by atoms with Crippen LogP contribution in [0.1, 0.15) is 0 Å². The van der Waals surface area contributed by atoms with Crippen LogP contribution in [-0.4, -0.2) is 80.8 Å². The highest BCUT2D eigenvalue weighted by Gasteiger charge is 2.42. The van der Waals surface area contributed by atoms with Gasteiger partial charge in [0.25, 0.3) is 0 Å². The number of aliphatic imine (C=N–C) groups is 1. The Morgan fingerprint density at radius 2 is 1.65 bits per heavy atom. The first-order chi connectivity index (χ1) is 10.8. The van der Waals surface area contributed by atoms with Gasteiger partial charge in [0.1, 0.15) is 11.7 Å². The van der Waals surface area contributed by atoms with Crippen molar-refractivity contribution in [3.05, 3.63) is 11.3 Å². The SMILES string of the molecule is COC(=O)C1=C(C(=O)OC)N(C(=O)OC)C(SC)=NC1N(C)C. The summed E-state index contributed by atoms with van der Waals surface area (Å²) in [6.45, 7) is 0. The molecule has 0 N–H and O–H groups in total. The van der Waals surface area contributed by atoms with Gasteiger partial charge in [-0.15, -0.1) is 0 Å². The van der Waals surface area contributed by atoms with Crippen LogP contribution in [0, 0.1) is 0 Å². The Morgan fingerprint density at radius 3 is 2.04 bits per heavy atom. The molecule has 1 amide bonds. The average molecular weight is 345 g/mol. The maximum Gasteiger partial charge on any atom is 0.420 e. The number of methoxy groups -OCH3 is 3. The molecule has 0 aromatic carbocycles. The van der Waals surface area contributed by atoms with Gasteiger partial charge in [-0.3, -0.25) is 4.90 Å². The predicted molar refractivity (Wildman–Crippen MR) is 83.7 cm³/mol. The topological polar surface area (TPSA) is 97.7 Å². The van der Waals surface area contributed by atoms with Gasteiger partial charge >= 0.3 is 18.0 Å². The zero-order valence-corrected chi connectivity index (χ0v) is 14.6. The summed E-state index contributed by atoms with van der Waals surface area (Å²) in [7, 11) is 6.84. The Morgan fingerprint density at radius 1 is 1.09 bits per heavy atom. The molecule has 0 saturated carbocycles. The summed E-state index contributed by atoms with van der Waals surface area (Å²) in [6, 6.07) is 0. The summed E-state index contributed by atoms with van der Waals surface area (Å²) in [6.07, 6.45) is 0.0107. The number of carbonyl (C=O) groups excluding carboxylic acids is 3. The molecule has 0 fully saturated rings. The van der Waals surface area contributed by atoms with Gasteiger partial charge in [0.2, 0.25) is 0 Å². The standard InChI is InChI=1S/C13H19N3O6S/c1-15(2)9-7(10(17)20-3)8(11(18)21-4)16(13(19)22-5)12(14-9)23-6/h9H,1-6H3. The van der Waals surface area contributed by atoms with Gasteiger partial charge in [0.05, 0.1) is 21.3 Å². The number of hydrogen-bond acceptors (Lipinski definition) is 9. The molecular formula is C13H19N3O6S. The van der Waals surface area contributed by atoms with Gasteiger partial charge in [0, 0.05) is 0 Å². The van der Waals surface area contributed by atoms with Crippen LogP contribution in [-0.2, 0) is 23.8 Å². The van der Waals surface area contributed by atoms with E-state index in [0.29, 0.717) is 0 Å². The summed E-state index contributed by atoms with van der Waals surface area (Å²) < 4.78 is 14.2. The number of carbonyl (C=O) groups is 3. The maximum absolute atomic E-state index is 12.2. The lowest BCUT2D eigenvalue weighted by Crippen LogP contribution is -2.47. The number of amidine groups is 1. The second kappa shape index (κ2) is 7.97. The van der Waals surface area contributed by atoms with E-state index in [4.69, 9.17) is 9.47 Å². The van der Waals surface area contributed by atoms with Crippen molar-refractivity contribution in [2.75, 3.05) is 41.7 Å². The van der Waals surface area contributed by atoms with E-state index in [1.54, 1.807) is 25.3 Å². The smallest absolute Gasteiger partial charge is 0.420 e. The van der Waals surface area contributed by atoms with Crippen molar-refractivity contribution in [3.8, 4) is 0 Å². The quantitative estimate of drug-likeness (QED) is 0.531. The Balaban J connectivity index is 3.69. The molecule has 1 rings (SSSR count). The second-order valence-electron chi connectivity index (χ2n) is 4.50. The fourth-order valence-electron chi connectivity index (χ4n) is 1.95. The number of hydrogen-bond donors (Lipinski definition) is 0. The Kier molecular flexibility index (Phi) is 6.58. The van der Waals surface area contributed by atoms with Crippen LogP contribution in [0.15, 0.2) is 16.3 Å². The first-order valence-corrected chi connectivity index (χ1v) is 7.63. The van der Waals surface area contributed by atoms with Gasteiger partial charge < -0.3 is 14.2 Å². The van der Waals surface area contributed by atoms with Crippen LogP contribution in [0.4, 0.5) is 4.79 Å². The van der Waals surface area contributed by atoms with Gasteiger partial charge in [-0.1, -0.05) is 11.8 Å². The molecule has 23 heavy (non-hydrogen) atoms. The molecular weight excluding hydrogens is 326 g/mol. The molecule has 1 aliphatic heterocycles. The summed E-state index contributed by atoms with van der Waals surface area (Å²) in [5.41, 5.74) is -0.378. The van der Waals surface area contributed by atoms with E-state index in [2.05, 4.69) is 9.73 Å². The fraction of sp³-hybridized carbons (Fsp3) is 0.538. The molecule has 1 heterocycles. The summed E-state index contributed by atoms with van der Waals surface area (Å²) in [4.78, 5) is 43.4. The summed E-state index contributed by atoms with van der Waals surface area (Å²) in [5.74, 6) is -1.66. The molecule has 0 aromatic heterocycles. The van der Waals surface area contributed by atoms with Crippen LogP contribution in [0.25, 0.3) is 0 Å². The van der Waals surface area contributed by atoms with Crippen LogP contribution >= 0.6 is 11.8 Å². The molecule has 9 nitrogen and oxygen atoms in total. The third-order valence-corrected chi connectivity index (χ3v) is 3.63. The third kappa shape index (κ3) is 3.64. The zero-order valence-electron chi connectivity index (χ0n) is 13.8. The molecule has 1 aliphatic rings. The minimum Gasteiger partial charge on any atom is -0.465 e. The molecule has 0 aliphatic carbocycles. The Bertz CT molecular complexity index is 572. The first-order valence-electron chi connectivity index (χ1n) is 6.41. The number of ether oxygens (including phenoxy) is 3. The van der Waals surface area contributed by atoms with Crippen LogP contribution in [0.3, 0.4) is 0 Å². The van der Waals surface area contributed by atoms with Crippen molar-refractivity contribution in [1.82, 2.24) is 9.80 Å². The molecule has 0 bridgehead atoms. The maximum atomic E-state index is 12.2. The van der Waals surface area contributed by atoms with Crippen molar-refractivity contribution in [2.45, 2.75) is 6.17 Å². The van der Waals surface area contributed by atoms with Gasteiger partial charge in [-0.25, -0.2) is 24.3 Å². The van der Waals surface area contributed by atoms with E-state index >= 15 is 0 Å². The van der Waals surface area contributed by atoms with E-state index < -0.39 is 24.2 Å². The fourth-order valence-corrected chi connectivity index (χ4v) is 2.51. The van der Waals surface area contributed by atoms with Crippen LogP contribution in [0.5, 0.6) is 0 Å². The van der Waals surface area contributed by atoms with Crippen molar-refractivity contribution < 1.29 is 28.6 Å². The van der Waals surface area contributed by atoms with E-state index in [1.807, 2.05) is 0 Å². The van der Waals surface area contributed by atoms with E-state index in [-0.39, 0.29) is 16.4 Å². The lowest BCUT2D eigenvalue weighted by Gasteiger charge is -2.33. The number of thioether (sulfide) groups is 1. The highest BCUT2D eigenvalue weighted by molar-refractivity contribution is 8.13. The number of esters is 2. The summed E-state index contributed by atoms with van der Waals surface area (Å²) in [5, 5.41) is 0.198. The highest BCUT2D eigenvalue weighted by Crippen LogP contribution is 2.29. The molecule has 0 radical (unpaired) electrons. The molecule has 1 atom stereocenters. The van der Waals surface area contributed by atoms with Gasteiger partial charge in [-0.2, -0.15) is 0 Å². The minimum atomic E-state index is -0.871. The monoisotopic (exact) mass is 345 g/mol. The normalized spacial score (nSPS) is 17.8. The van der Waals surface area contributed by atoms with Crippen LogP contribution in [0.2, 0.25) is 0 Å². The third-order valence-electron chi connectivity index (χ3n) is 2.97. The number of rotatable bonds is 3. The number of amides is 1. The molecule has 0 aromatic rings. The predicted octanol–water partition coefficient (Wildman–Crippen LogP) is 0.275. The first kappa shape index (κ1) is 19.0. The van der Waals surface area contributed by atoms with Crippen molar-refractivity contribution in [2.24, 2.45) is 4.99 Å². The van der Waals surface area contributed by atoms with Gasteiger partial charge in [0.15, 0.2) is 10.9 Å². The van der Waals surface area contributed by atoms with Crippen LogP contribution < -0.4 is 0 Å². The lowest BCUT2D eigenvalue weighted by atomic mass is 10.1. The summed E-state index contributed by atoms with van der Waals surface area (Å²) >= 11 is 1.13. The van der Waals surface area contributed by atoms with Crippen molar-refractivity contribution in [3.63, 3.8) is 0 Å². The van der Waals surface area contributed by atoms with E-state index in [9.17, 15) is 14.4 Å². The average Bonchev–Trinajstić information content (AvgIpc) is 2.57. The van der Waals surface area contributed by atoms with Gasteiger partial charge in [-0.05, 0) is 20.4 Å². The molecule has 0 spiro atoms. The molecule has 128 valence electrons. The number of likely N-dealkylation sites (N-methyl/N-ethyl adjacent to an activating group) is 1. The number of nitrogens with zero attached hydrogens (tertiary/aromatic N) is 3. The minimum absolute atomic E-state index is 0.104. The highest BCUT2D eigenvalue weighted by atomic mass is 32.2. The molecule has 1 unspecified atom stereocenters. The van der Waals surface area contributed by atoms with Crippen molar-refractivity contribution >= 4 is 35.0 Å². The lowest BCUT2D eigenvalue weighted by molar-refractivity contribution is -0.141.